The second kappa shape index (κ2) is 6.57. The predicted molar refractivity (Wildman–Crippen MR) is 64.8 cm³/mol. The van der Waals surface area contributed by atoms with Gasteiger partial charge in [0.2, 0.25) is 6.04 Å². The van der Waals surface area contributed by atoms with Crippen molar-refractivity contribution < 1.29 is 9.53 Å². The Morgan fingerprint density at radius 1 is 1.67 bits per heavy atom. The molecule has 0 aromatic heterocycles. The Kier molecular flexibility index (Phi) is 5.08. The summed E-state index contributed by atoms with van der Waals surface area (Å²) in [4.78, 5) is 21.4. The highest BCUT2D eigenvalue weighted by Gasteiger charge is 2.13. The molecule has 94 valence electrons. The Hall–Kier alpha value is -2.13. The molecule has 1 atom stereocenters. The number of nitrogens with one attached hydrogen (secondary N) is 1. The third-order valence-electron chi connectivity index (χ3n) is 2.22. The number of nitroso groups, excluding NO2 is 1. The van der Waals surface area contributed by atoms with Gasteiger partial charge in [0.05, 0.1) is 13.2 Å². The van der Waals surface area contributed by atoms with Gasteiger partial charge in [-0.25, -0.2) is 4.79 Å². The van der Waals surface area contributed by atoms with Gasteiger partial charge in [-0.05, 0) is 28.4 Å². The van der Waals surface area contributed by atoms with Gasteiger partial charge in [-0.1, -0.05) is 17.7 Å². The molecular weight excluding hydrogens is 258 g/mol. The second-order valence-corrected chi connectivity index (χ2v) is 3.74. The van der Waals surface area contributed by atoms with Crippen molar-refractivity contribution >= 4 is 17.7 Å². The fraction of sp³-hybridized carbons (Fsp3) is 0.273. The molecule has 0 bridgehead atoms. The van der Waals surface area contributed by atoms with Crippen LogP contribution in [0.5, 0.6) is 0 Å². The van der Waals surface area contributed by atoms with Crippen molar-refractivity contribution in [1.82, 2.24) is 5.32 Å². The summed E-state index contributed by atoms with van der Waals surface area (Å²) >= 11 is 5.93. The first-order valence-corrected chi connectivity index (χ1v) is 5.32. The minimum absolute atomic E-state index is 0.135. The summed E-state index contributed by atoms with van der Waals surface area (Å²) in [5.41, 5.74) is 1.00. The maximum Gasteiger partial charge on any atom is 0.407 e. The van der Waals surface area contributed by atoms with E-state index in [1.54, 1.807) is 24.3 Å². The summed E-state index contributed by atoms with van der Waals surface area (Å²) in [7, 11) is 1.25. The second-order valence-electron chi connectivity index (χ2n) is 3.33. The van der Waals surface area contributed by atoms with Crippen LogP contribution in [-0.4, -0.2) is 13.2 Å². The van der Waals surface area contributed by atoms with Crippen molar-refractivity contribution in [2.24, 2.45) is 5.18 Å². The molecule has 1 aromatic rings. The van der Waals surface area contributed by atoms with Gasteiger partial charge in [0, 0.05) is 11.6 Å². The number of amides is 1. The molecule has 0 aliphatic rings. The van der Waals surface area contributed by atoms with Gasteiger partial charge in [-0.3, -0.25) is 0 Å². The van der Waals surface area contributed by atoms with Gasteiger partial charge in [0.1, 0.15) is 0 Å². The average Bonchev–Trinajstić information content (AvgIpc) is 2.39. The lowest BCUT2D eigenvalue weighted by atomic mass is 10.1. The predicted octanol–water partition coefficient (Wildman–Crippen LogP) is 2.53. The molecule has 1 N–H and O–H groups in total. The average molecular weight is 268 g/mol. The van der Waals surface area contributed by atoms with E-state index in [0.717, 1.165) is 0 Å². The van der Waals surface area contributed by atoms with Crippen LogP contribution in [0.4, 0.5) is 4.79 Å². The Labute approximate surface area is 108 Å². The van der Waals surface area contributed by atoms with Crippen molar-refractivity contribution in [3.63, 3.8) is 0 Å². The first-order valence-electron chi connectivity index (χ1n) is 4.94. The molecule has 18 heavy (non-hydrogen) atoms. The van der Waals surface area contributed by atoms with Crippen LogP contribution in [0.3, 0.4) is 0 Å². The van der Waals surface area contributed by atoms with E-state index in [9.17, 15) is 9.70 Å². The van der Waals surface area contributed by atoms with Gasteiger partial charge >= 0.3 is 6.09 Å². The lowest BCUT2D eigenvalue weighted by molar-refractivity contribution is 0.170. The van der Waals surface area contributed by atoms with Crippen LogP contribution in [0.15, 0.2) is 23.4 Å². The minimum atomic E-state index is -1.08. The Bertz CT molecular complexity index is 499. The number of ether oxygens (including phenoxy) is 1. The number of hydrogen-bond acceptors (Lipinski definition) is 5. The van der Waals surface area contributed by atoms with Gasteiger partial charge in [0.15, 0.2) is 0 Å². The lowest BCUT2D eigenvalue weighted by Crippen LogP contribution is -2.22. The Balaban J connectivity index is 2.91. The van der Waals surface area contributed by atoms with Crippen molar-refractivity contribution in [2.75, 3.05) is 7.11 Å². The van der Waals surface area contributed by atoms with Crippen molar-refractivity contribution in [1.29, 1.82) is 5.26 Å². The minimum Gasteiger partial charge on any atom is -0.453 e. The van der Waals surface area contributed by atoms with Crippen LogP contribution in [0, 0.1) is 16.2 Å². The van der Waals surface area contributed by atoms with Gasteiger partial charge in [-0.15, -0.1) is 4.91 Å². The zero-order valence-corrected chi connectivity index (χ0v) is 10.3. The van der Waals surface area contributed by atoms with E-state index in [0.29, 0.717) is 16.1 Å². The number of methoxy groups -OCH3 is 1. The Morgan fingerprint density at radius 2 is 2.39 bits per heavy atom. The van der Waals surface area contributed by atoms with E-state index in [2.05, 4.69) is 15.2 Å². The van der Waals surface area contributed by atoms with E-state index in [1.807, 2.05) is 0 Å². The molecular formula is C11H10ClN3O3. The van der Waals surface area contributed by atoms with E-state index < -0.39 is 12.1 Å². The zero-order valence-electron chi connectivity index (χ0n) is 9.51. The summed E-state index contributed by atoms with van der Waals surface area (Å²) in [6, 6.07) is 5.30. The number of benzene rings is 1. The molecule has 0 saturated heterocycles. The standard InChI is InChI=1S/C11H10ClN3O3/c1-18-11(16)14-6-8-4-7(2-3-9(8)12)10(5-13)15-17/h2-4,10H,6H2,1H3,(H,14,16). The lowest BCUT2D eigenvalue weighted by Gasteiger charge is -2.08. The molecule has 0 aliphatic heterocycles. The highest BCUT2D eigenvalue weighted by Crippen LogP contribution is 2.23. The molecule has 0 saturated carbocycles. The first kappa shape index (κ1) is 13.9. The third kappa shape index (κ3) is 3.43. The van der Waals surface area contributed by atoms with Gasteiger partial charge < -0.3 is 10.1 Å². The monoisotopic (exact) mass is 267 g/mol. The Morgan fingerprint density at radius 3 is 2.94 bits per heavy atom. The quantitative estimate of drug-likeness (QED) is 0.849. The molecule has 0 heterocycles. The van der Waals surface area contributed by atoms with Crippen molar-refractivity contribution in [2.45, 2.75) is 12.6 Å². The first-order chi connectivity index (χ1) is 8.62. The zero-order chi connectivity index (χ0) is 13.5. The number of nitrogens with zero attached hydrogens (tertiary/aromatic N) is 2. The summed E-state index contributed by atoms with van der Waals surface area (Å²) < 4.78 is 4.42. The highest BCUT2D eigenvalue weighted by atomic mass is 35.5. The summed E-state index contributed by atoms with van der Waals surface area (Å²) in [6.07, 6.45) is -0.596. The number of hydrogen-bond donors (Lipinski definition) is 1. The van der Waals surface area contributed by atoms with Crippen LogP contribution in [-0.2, 0) is 11.3 Å². The van der Waals surface area contributed by atoms with E-state index in [4.69, 9.17) is 16.9 Å². The molecule has 1 aromatic carbocycles. The number of nitriles is 1. The molecule has 7 heteroatoms. The van der Waals surface area contributed by atoms with Crippen LogP contribution in [0.1, 0.15) is 17.2 Å². The fourth-order valence-corrected chi connectivity index (χ4v) is 1.48. The van der Waals surface area contributed by atoms with Crippen molar-refractivity contribution in [3.05, 3.63) is 39.3 Å². The van der Waals surface area contributed by atoms with Crippen LogP contribution in [0.2, 0.25) is 5.02 Å². The van der Waals surface area contributed by atoms with Crippen LogP contribution in [0.25, 0.3) is 0 Å². The topological polar surface area (TPSA) is 91.5 Å². The summed E-state index contributed by atoms with van der Waals surface area (Å²) in [5, 5.41) is 14.3. The van der Waals surface area contributed by atoms with Gasteiger partial charge in [0.25, 0.3) is 0 Å². The van der Waals surface area contributed by atoms with Crippen LogP contribution >= 0.6 is 11.6 Å². The van der Waals surface area contributed by atoms with E-state index in [-0.39, 0.29) is 6.54 Å². The highest BCUT2D eigenvalue weighted by molar-refractivity contribution is 6.31. The number of rotatable bonds is 4. The molecule has 1 amide bonds. The smallest absolute Gasteiger partial charge is 0.407 e. The molecule has 0 fully saturated rings. The van der Waals surface area contributed by atoms with Crippen LogP contribution < -0.4 is 5.32 Å². The third-order valence-corrected chi connectivity index (χ3v) is 2.59. The molecule has 0 aliphatic carbocycles. The van der Waals surface area contributed by atoms with E-state index >= 15 is 0 Å². The molecule has 0 spiro atoms. The molecule has 0 radical (unpaired) electrons. The molecule has 6 nitrogen and oxygen atoms in total. The fourth-order valence-electron chi connectivity index (χ4n) is 1.30. The number of carbonyl (C=O) groups is 1. The summed E-state index contributed by atoms with van der Waals surface area (Å²) in [5.74, 6) is 0. The SMILES string of the molecule is COC(=O)NCc1cc(C(C#N)N=O)ccc1Cl. The maximum absolute atomic E-state index is 10.9. The number of halogens is 1. The largest absolute Gasteiger partial charge is 0.453 e. The van der Waals surface area contributed by atoms with Gasteiger partial charge in [-0.2, -0.15) is 5.26 Å². The normalized spacial score (nSPS) is 11.2. The molecule has 1 unspecified atom stereocenters. The van der Waals surface area contributed by atoms with E-state index in [1.165, 1.54) is 7.11 Å². The molecule has 1 rings (SSSR count). The number of carbonyl (C=O) groups excluding carboxylic acids is 1. The summed E-state index contributed by atoms with van der Waals surface area (Å²) in [6.45, 7) is 0.135. The number of alkyl carbamates (subject to hydrolysis) is 1. The maximum atomic E-state index is 10.9. The van der Waals surface area contributed by atoms with Crippen molar-refractivity contribution in [3.8, 4) is 6.07 Å².